The van der Waals surface area contributed by atoms with Gasteiger partial charge in [-0.25, -0.2) is 0 Å². The molecule has 1 aliphatic rings. The van der Waals surface area contributed by atoms with Gasteiger partial charge in [0.2, 0.25) is 5.91 Å². The molecule has 0 spiro atoms. The van der Waals surface area contributed by atoms with Crippen LogP contribution >= 0.6 is 23.4 Å². The van der Waals surface area contributed by atoms with Crippen molar-refractivity contribution in [2.24, 2.45) is 0 Å². The van der Waals surface area contributed by atoms with Crippen LogP contribution in [0.5, 0.6) is 0 Å². The zero-order valence-electron chi connectivity index (χ0n) is 23.8. The second-order valence-electron chi connectivity index (χ2n) is 10.0. The third-order valence-electron chi connectivity index (χ3n) is 6.88. The van der Waals surface area contributed by atoms with Gasteiger partial charge in [-0.3, -0.25) is 14.4 Å². The number of aryl methyl sites for hydroxylation is 1. The van der Waals surface area contributed by atoms with Gasteiger partial charge in [-0.1, -0.05) is 65.8 Å². The van der Waals surface area contributed by atoms with E-state index < -0.39 is 11.8 Å². The fraction of sp³-hybridized carbons (Fsp3) is 0.118. The van der Waals surface area contributed by atoms with Crippen LogP contribution in [0.2, 0.25) is 5.02 Å². The number of thioether (sulfide) groups is 1. The topological polar surface area (TPSA) is 124 Å². The van der Waals surface area contributed by atoms with E-state index in [9.17, 15) is 19.6 Å². The number of amides is 2. The van der Waals surface area contributed by atoms with Crippen molar-refractivity contribution in [3.63, 3.8) is 0 Å². The number of carbonyl (C=O) groups is 3. The zero-order chi connectivity index (χ0) is 31.2. The summed E-state index contributed by atoms with van der Waals surface area (Å²) in [5.41, 5.74) is 3.74. The van der Waals surface area contributed by atoms with Crippen LogP contribution in [0.15, 0.2) is 117 Å². The van der Waals surface area contributed by atoms with E-state index in [1.165, 1.54) is 12.3 Å². The Bertz CT molecular complexity index is 1840. The lowest BCUT2D eigenvalue weighted by atomic mass is 9.85. The molecular weight excluding hydrogens is 596 g/mol. The number of benzene rings is 3. The Balaban J connectivity index is 1.37. The first-order valence-electron chi connectivity index (χ1n) is 13.6. The summed E-state index contributed by atoms with van der Waals surface area (Å²) >= 11 is 7.29. The smallest absolute Gasteiger partial charge is 0.254 e. The number of carbonyl (C=O) groups excluding carboxylic acids is 3. The molecule has 2 heterocycles. The van der Waals surface area contributed by atoms with Crippen molar-refractivity contribution in [3.8, 4) is 6.07 Å². The molecule has 220 valence electrons. The number of allylic oxidation sites excluding steroid dienone is 2. The molecule has 0 fully saturated rings. The Morgan fingerprint density at radius 1 is 0.977 bits per heavy atom. The highest BCUT2D eigenvalue weighted by molar-refractivity contribution is 8.03. The Kier molecular flexibility index (Phi) is 9.34. The van der Waals surface area contributed by atoms with Crippen LogP contribution < -0.4 is 16.0 Å². The first-order chi connectivity index (χ1) is 21.2. The maximum Gasteiger partial charge on any atom is 0.254 e. The summed E-state index contributed by atoms with van der Waals surface area (Å²) < 4.78 is 5.68. The SMILES string of the molecule is CC1=C(C(=O)Nc2cccc(C)c2)[C@@H](c2ccco2)C(C#N)=C(SCC(=O)Nc2ccc(Cl)cc2C(=O)c2ccccc2)N1. The maximum absolute atomic E-state index is 13.6. The quantitative estimate of drug-likeness (QED) is 0.169. The van der Waals surface area contributed by atoms with Crippen molar-refractivity contribution >= 4 is 52.3 Å². The molecule has 44 heavy (non-hydrogen) atoms. The highest BCUT2D eigenvalue weighted by atomic mass is 35.5. The largest absolute Gasteiger partial charge is 0.468 e. The summed E-state index contributed by atoms with van der Waals surface area (Å²) in [4.78, 5) is 39.9. The van der Waals surface area contributed by atoms with Gasteiger partial charge in [0.05, 0.1) is 45.9 Å². The van der Waals surface area contributed by atoms with E-state index in [1.807, 2.05) is 31.2 Å². The minimum Gasteiger partial charge on any atom is -0.468 e. The van der Waals surface area contributed by atoms with Crippen molar-refractivity contribution in [3.05, 3.63) is 141 Å². The number of nitrogens with one attached hydrogen (secondary N) is 3. The van der Waals surface area contributed by atoms with Gasteiger partial charge in [-0.15, -0.1) is 0 Å². The van der Waals surface area contributed by atoms with Gasteiger partial charge in [0.15, 0.2) is 5.78 Å². The van der Waals surface area contributed by atoms with E-state index in [1.54, 1.807) is 61.5 Å². The number of hydrogen-bond donors (Lipinski definition) is 3. The zero-order valence-corrected chi connectivity index (χ0v) is 25.4. The Morgan fingerprint density at radius 3 is 2.48 bits per heavy atom. The van der Waals surface area contributed by atoms with Crippen LogP contribution in [-0.4, -0.2) is 23.4 Å². The third-order valence-corrected chi connectivity index (χ3v) is 8.13. The van der Waals surface area contributed by atoms with Crippen LogP contribution in [0.25, 0.3) is 0 Å². The number of nitrogens with zero attached hydrogens (tertiary/aromatic N) is 1. The number of hydrogen-bond acceptors (Lipinski definition) is 7. The molecule has 0 radical (unpaired) electrons. The molecule has 8 nitrogen and oxygen atoms in total. The van der Waals surface area contributed by atoms with Gasteiger partial charge in [0.1, 0.15) is 5.76 Å². The second kappa shape index (κ2) is 13.5. The summed E-state index contributed by atoms with van der Waals surface area (Å²) in [6, 6.07) is 26.5. The maximum atomic E-state index is 13.6. The normalized spacial score (nSPS) is 14.5. The van der Waals surface area contributed by atoms with E-state index in [-0.39, 0.29) is 28.6 Å². The van der Waals surface area contributed by atoms with Crippen LogP contribution in [0.3, 0.4) is 0 Å². The summed E-state index contributed by atoms with van der Waals surface area (Å²) in [5.74, 6) is -1.52. The van der Waals surface area contributed by atoms with Gasteiger partial charge in [0, 0.05) is 27.5 Å². The summed E-state index contributed by atoms with van der Waals surface area (Å²) in [6.45, 7) is 3.67. The van der Waals surface area contributed by atoms with Crippen LogP contribution in [0, 0.1) is 18.3 Å². The minimum atomic E-state index is -0.794. The number of anilines is 2. The predicted molar refractivity (Wildman–Crippen MR) is 172 cm³/mol. The van der Waals surface area contributed by atoms with E-state index in [4.69, 9.17) is 16.0 Å². The van der Waals surface area contributed by atoms with E-state index in [0.29, 0.717) is 44.0 Å². The number of dihydropyridines is 1. The molecule has 2 amide bonds. The number of halogens is 1. The van der Waals surface area contributed by atoms with Gasteiger partial charge in [-0.05, 0) is 61.9 Å². The van der Waals surface area contributed by atoms with Crippen molar-refractivity contribution in [2.45, 2.75) is 19.8 Å². The van der Waals surface area contributed by atoms with E-state index in [0.717, 1.165) is 17.3 Å². The predicted octanol–water partition coefficient (Wildman–Crippen LogP) is 7.18. The first-order valence-corrected chi connectivity index (χ1v) is 15.0. The summed E-state index contributed by atoms with van der Waals surface area (Å²) in [6.07, 6.45) is 1.48. The number of nitriles is 1. The van der Waals surface area contributed by atoms with Gasteiger partial charge >= 0.3 is 0 Å². The van der Waals surface area contributed by atoms with Crippen molar-refractivity contribution < 1.29 is 18.8 Å². The lowest BCUT2D eigenvalue weighted by Crippen LogP contribution is -2.31. The molecule has 0 bridgehead atoms. The fourth-order valence-corrected chi connectivity index (χ4v) is 5.94. The molecule has 5 rings (SSSR count). The molecule has 3 N–H and O–H groups in total. The van der Waals surface area contributed by atoms with Crippen LogP contribution in [0.4, 0.5) is 11.4 Å². The highest BCUT2D eigenvalue weighted by Gasteiger charge is 2.36. The lowest BCUT2D eigenvalue weighted by Gasteiger charge is -2.28. The molecule has 1 aliphatic heterocycles. The summed E-state index contributed by atoms with van der Waals surface area (Å²) in [5, 5.41) is 19.9. The first kappa shape index (κ1) is 30.4. The molecule has 1 atom stereocenters. The number of ketones is 1. The molecule has 0 saturated carbocycles. The second-order valence-corrected chi connectivity index (χ2v) is 11.4. The Hall–Kier alpha value is -5.04. The monoisotopic (exact) mass is 622 g/mol. The van der Waals surface area contributed by atoms with Gasteiger partial charge in [-0.2, -0.15) is 5.26 Å². The standard InChI is InChI=1S/C34H27ClN4O4S/c1-20-8-6-11-24(16-20)38-33(42)30-21(2)37-34(26(18-36)31(30)28-12-7-15-43-28)44-19-29(40)39-27-14-13-23(35)17-25(27)32(41)22-9-4-3-5-10-22/h3-17,31,37H,19H2,1-2H3,(H,38,42)(H,39,40)/t31-/m1/s1. The Morgan fingerprint density at radius 2 is 1.77 bits per heavy atom. The lowest BCUT2D eigenvalue weighted by molar-refractivity contribution is -0.114. The van der Waals surface area contributed by atoms with Crippen molar-refractivity contribution in [1.82, 2.24) is 5.32 Å². The van der Waals surface area contributed by atoms with Crippen LogP contribution in [0.1, 0.15) is 40.1 Å². The molecule has 4 aromatic rings. The molecule has 3 aromatic carbocycles. The number of rotatable bonds is 9. The Labute approximate surface area is 263 Å². The molecular formula is C34H27ClN4O4S. The molecule has 1 aromatic heterocycles. The summed E-state index contributed by atoms with van der Waals surface area (Å²) in [7, 11) is 0. The fourth-order valence-electron chi connectivity index (χ4n) is 4.87. The third kappa shape index (κ3) is 6.78. The minimum absolute atomic E-state index is 0.0852. The van der Waals surface area contributed by atoms with E-state index in [2.05, 4.69) is 22.0 Å². The number of furan rings is 1. The molecule has 0 saturated heterocycles. The highest BCUT2D eigenvalue weighted by Crippen LogP contribution is 2.41. The average molecular weight is 623 g/mol. The van der Waals surface area contributed by atoms with Crippen molar-refractivity contribution in [1.29, 1.82) is 5.26 Å². The van der Waals surface area contributed by atoms with Gasteiger partial charge in [0.25, 0.3) is 5.91 Å². The van der Waals surface area contributed by atoms with E-state index >= 15 is 0 Å². The average Bonchev–Trinajstić information content (AvgIpc) is 3.55. The molecule has 0 unspecified atom stereocenters. The molecule has 10 heteroatoms. The van der Waals surface area contributed by atoms with Crippen molar-refractivity contribution in [2.75, 3.05) is 16.4 Å². The van der Waals surface area contributed by atoms with Gasteiger partial charge < -0.3 is 20.4 Å². The molecule has 0 aliphatic carbocycles. The van der Waals surface area contributed by atoms with Crippen LogP contribution in [-0.2, 0) is 9.59 Å².